The van der Waals surface area contributed by atoms with Crippen molar-refractivity contribution < 1.29 is 17.9 Å². The van der Waals surface area contributed by atoms with E-state index >= 15 is 0 Å². The average Bonchev–Trinajstić information content (AvgIpc) is 2.26. The van der Waals surface area contributed by atoms with Crippen LogP contribution in [0.15, 0.2) is 29.2 Å². The van der Waals surface area contributed by atoms with E-state index in [4.69, 9.17) is 5.11 Å². The smallest absolute Gasteiger partial charge is 0.245 e. The van der Waals surface area contributed by atoms with E-state index in [0.29, 0.717) is 6.42 Å². The first kappa shape index (κ1) is 14.1. The maximum atomic E-state index is 13.4. The lowest BCUT2D eigenvalue weighted by Crippen LogP contribution is -2.30. The summed E-state index contributed by atoms with van der Waals surface area (Å²) >= 11 is 0. The summed E-state index contributed by atoms with van der Waals surface area (Å²) in [6.45, 7) is 1.72. The Morgan fingerprint density at radius 3 is 2.53 bits per heavy atom. The van der Waals surface area contributed by atoms with Crippen LogP contribution in [0.2, 0.25) is 0 Å². The zero-order valence-corrected chi connectivity index (χ0v) is 10.6. The highest BCUT2D eigenvalue weighted by molar-refractivity contribution is 7.89. The minimum Gasteiger partial charge on any atom is -0.393 e. The van der Waals surface area contributed by atoms with Gasteiger partial charge in [-0.05, 0) is 25.5 Å². The molecule has 1 aromatic rings. The van der Waals surface area contributed by atoms with Gasteiger partial charge in [0.1, 0.15) is 10.7 Å². The average molecular weight is 261 g/mol. The minimum absolute atomic E-state index is 0.147. The molecule has 0 saturated heterocycles. The number of hydrogen-bond donors (Lipinski definition) is 1. The lowest BCUT2D eigenvalue weighted by Gasteiger charge is -2.18. The van der Waals surface area contributed by atoms with Gasteiger partial charge in [-0.1, -0.05) is 12.1 Å². The van der Waals surface area contributed by atoms with Gasteiger partial charge in [0.25, 0.3) is 0 Å². The minimum atomic E-state index is -3.82. The van der Waals surface area contributed by atoms with E-state index in [0.717, 1.165) is 10.4 Å². The highest BCUT2D eigenvalue weighted by atomic mass is 32.2. The summed E-state index contributed by atoms with van der Waals surface area (Å²) in [6, 6.07) is 5.24. The molecule has 0 saturated carbocycles. The fraction of sp³-hybridized carbons (Fsp3) is 0.455. The Bertz CT molecular complexity index is 473. The molecule has 1 atom stereocenters. The van der Waals surface area contributed by atoms with Crippen molar-refractivity contribution in [2.45, 2.75) is 24.3 Å². The Morgan fingerprint density at radius 2 is 2.00 bits per heavy atom. The van der Waals surface area contributed by atoms with Crippen LogP contribution >= 0.6 is 0 Å². The largest absolute Gasteiger partial charge is 0.393 e. The molecular formula is C11H16FNO3S. The van der Waals surface area contributed by atoms with Gasteiger partial charge in [-0.15, -0.1) is 0 Å². The van der Waals surface area contributed by atoms with Crippen molar-refractivity contribution in [3.05, 3.63) is 30.1 Å². The molecule has 6 heteroatoms. The summed E-state index contributed by atoms with van der Waals surface area (Å²) in [7, 11) is -2.45. The molecule has 0 aromatic heterocycles. The molecule has 4 nitrogen and oxygen atoms in total. The number of sulfonamides is 1. The van der Waals surface area contributed by atoms with Gasteiger partial charge in [-0.3, -0.25) is 0 Å². The number of rotatable bonds is 5. The first-order valence-electron chi connectivity index (χ1n) is 5.24. The van der Waals surface area contributed by atoms with E-state index in [-0.39, 0.29) is 11.4 Å². The first-order valence-corrected chi connectivity index (χ1v) is 6.68. The molecule has 0 aliphatic carbocycles. The number of halogens is 1. The Hall–Kier alpha value is -0.980. The van der Waals surface area contributed by atoms with Crippen molar-refractivity contribution in [1.82, 2.24) is 4.31 Å². The third-order valence-corrected chi connectivity index (χ3v) is 4.28. The van der Waals surface area contributed by atoms with Gasteiger partial charge in [-0.25, -0.2) is 17.1 Å². The van der Waals surface area contributed by atoms with E-state index in [1.807, 2.05) is 0 Å². The van der Waals surface area contributed by atoms with Crippen LogP contribution in [-0.2, 0) is 10.0 Å². The van der Waals surface area contributed by atoms with E-state index in [1.54, 1.807) is 6.92 Å². The van der Waals surface area contributed by atoms with Gasteiger partial charge in [0, 0.05) is 13.6 Å². The van der Waals surface area contributed by atoms with E-state index in [1.165, 1.54) is 25.2 Å². The normalized spacial score (nSPS) is 13.9. The predicted molar refractivity (Wildman–Crippen MR) is 62.5 cm³/mol. The number of hydrogen-bond acceptors (Lipinski definition) is 3. The molecule has 0 aliphatic rings. The fourth-order valence-corrected chi connectivity index (χ4v) is 2.56. The lowest BCUT2D eigenvalue weighted by molar-refractivity contribution is 0.177. The van der Waals surface area contributed by atoms with Crippen LogP contribution in [0.5, 0.6) is 0 Å². The van der Waals surface area contributed by atoms with Crippen LogP contribution in [0.4, 0.5) is 4.39 Å². The third-order valence-electron chi connectivity index (χ3n) is 2.39. The first-order chi connectivity index (χ1) is 7.85. The van der Waals surface area contributed by atoms with Crippen molar-refractivity contribution in [1.29, 1.82) is 0 Å². The monoisotopic (exact) mass is 261 g/mol. The van der Waals surface area contributed by atoms with Crippen molar-refractivity contribution in [3.63, 3.8) is 0 Å². The van der Waals surface area contributed by atoms with E-state index in [2.05, 4.69) is 0 Å². The number of benzene rings is 1. The molecule has 96 valence electrons. The summed E-state index contributed by atoms with van der Waals surface area (Å²) in [4.78, 5) is -0.340. The molecule has 0 aliphatic heterocycles. The Morgan fingerprint density at radius 1 is 1.41 bits per heavy atom. The van der Waals surface area contributed by atoms with Gasteiger partial charge >= 0.3 is 0 Å². The molecule has 0 amide bonds. The van der Waals surface area contributed by atoms with Crippen molar-refractivity contribution in [2.75, 3.05) is 13.6 Å². The standard InChI is InChI=1S/C11H16FNO3S/c1-9(14)7-8-13(2)17(15,16)11-6-4-3-5-10(11)12/h3-6,9,14H,7-8H2,1-2H3. The Labute approximate surface area is 101 Å². The van der Waals surface area contributed by atoms with Gasteiger partial charge < -0.3 is 5.11 Å². The summed E-state index contributed by atoms with van der Waals surface area (Å²) < 4.78 is 38.4. The molecule has 0 fully saturated rings. The maximum absolute atomic E-state index is 13.4. The molecule has 0 spiro atoms. The van der Waals surface area contributed by atoms with Crippen LogP contribution in [0.1, 0.15) is 13.3 Å². The molecule has 1 unspecified atom stereocenters. The molecule has 17 heavy (non-hydrogen) atoms. The molecule has 1 aromatic carbocycles. The van der Waals surface area contributed by atoms with Crippen LogP contribution in [-0.4, -0.2) is 37.5 Å². The SMILES string of the molecule is CC(O)CCN(C)S(=O)(=O)c1ccccc1F. The second kappa shape index (κ2) is 5.57. The maximum Gasteiger partial charge on any atom is 0.245 e. The van der Waals surface area contributed by atoms with Crippen molar-refractivity contribution >= 4 is 10.0 Å². The number of aliphatic hydroxyl groups is 1. The second-order valence-electron chi connectivity index (χ2n) is 3.89. The van der Waals surface area contributed by atoms with Gasteiger partial charge in [0.2, 0.25) is 10.0 Å². The molecular weight excluding hydrogens is 245 g/mol. The van der Waals surface area contributed by atoms with E-state index in [9.17, 15) is 12.8 Å². The zero-order valence-electron chi connectivity index (χ0n) is 9.80. The molecule has 0 radical (unpaired) electrons. The third kappa shape index (κ3) is 3.49. The number of aliphatic hydroxyl groups excluding tert-OH is 1. The predicted octanol–water partition coefficient (Wildman–Crippen LogP) is 1.22. The Balaban J connectivity index is 2.92. The Kier molecular flexibility index (Phi) is 4.62. The van der Waals surface area contributed by atoms with Gasteiger partial charge in [0.05, 0.1) is 6.10 Å². The summed E-state index contributed by atoms with van der Waals surface area (Å²) in [5.74, 6) is -0.767. The summed E-state index contributed by atoms with van der Waals surface area (Å²) in [5, 5.41) is 9.10. The topological polar surface area (TPSA) is 57.6 Å². The summed E-state index contributed by atoms with van der Waals surface area (Å²) in [5.41, 5.74) is 0. The van der Waals surface area contributed by atoms with Crippen molar-refractivity contribution in [2.24, 2.45) is 0 Å². The molecule has 0 heterocycles. The van der Waals surface area contributed by atoms with Crippen LogP contribution in [0.25, 0.3) is 0 Å². The van der Waals surface area contributed by atoms with E-state index < -0.39 is 21.9 Å². The number of nitrogens with zero attached hydrogens (tertiary/aromatic N) is 1. The highest BCUT2D eigenvalue weighted by Gasteiger charge is 2.23. The summed E-state index contributed by atoms with van der Waals surface area (Å²) in [6.07, 6.45) is -0.280. The van der Waals surface area contributed by atoms with Crippen LogP contribution in [0.3, 0.4) is 0 Å². The van der Waals surface area contributed by atoms with Crippen molar-refractivity contribution in [3.8, 4) is 0 Å². The van der Waals surface area contributed by atoms with Crippen LogP contribution in [0, 0.1) is 5.82 Å². The van der Waals surface area contributed by atoms with Crippen LogP contribution < -0.4 is 0 Å². The lowest BCUT2D eigenvalue weighted by atomic mass is 10.3. The fourth-order valence-electron chi connectivity index (χ4n) is 1.31. The quantitative estimate of drug-likeness (QED) is 0.867. The highest BCUT2D eigenvalue weighted by Crippen LogP contribution is 2.17. The van der Waals surface area contributed by atoms with Gasteiger partial charge in [0.15, 0.2) is 0 Å². The molecule has 1 rings (SSSR count). The molecule has 1 N–H and O–H groups in total. The second-order valence-corrected chi connectivity index (χ2v) is 5.91. The zero-order chi connectivity index (χ0) is 13.1. The van der Waals surface area contributed by atoms with Gasteiger partial charge in [-0.2, -0.15) is 0 Å². The molecule has 0 bridgehead atoms.